The average molecular weight is 306 g/mol. The van der Waals surface area contributed by atoms with Crippen LogP contribution in [0.3, 0.4) is 0 Å². The van der Waals surface area contributed by atoms with Crippen LogP contribution in [0.5, 0.6) is 0 Å². The Morgan fingerprint density at radius 3 is 2.84 bits per heavy atom. The van der Waals surface area contributed by atoms with Crippen LogP contribution >= 0.6 is 11.8 Å². The van der Waals surface area contributed by atoms with Crippen molar-refractivity contribution in [3.05, 3.63) is 11.8 Å². The predicted molar refractivity (Wildman–Crippen MR) is 78.8 cm³/mol. The maximum absolute atomic E-state index is 12.1. The van der Waals surface area contributed by atoms with Gasteiger partial charge in [-0.1, -0.05) is 13.8 Å². The van der Waals surface area contributed by atoms with Crippen molar-refractivity contribution in [2.75, 3.05) is 18.6 Å². The summed E-state index contributed by atoms with van der Waals surface area (Å²) < 4.78 is 26.8. The highest BCUT2D eigenvalue weighted by atomic mass is 32.2. The lowest BCUT2D eigenvalue weighted by molar-refractivity contribution is 0.564. The third-order valence-electron chi connectivity index (χ3n) is 2.46. The first-order valence-electron chi connectivity index (χ1n) is 6.21. The number of sulfonamides is 1. The number of nitrogens with zero attached hydrogens (tertiary/aromatic N) is 1. The quantitative estimate of drug-likeness (QED) is 0.591. The summed E-state index contributed by atoms with van der Waals surface area (Å²) >= 11 is 1.70. The number of rotatable bonds is 9. The fourth-order valence-corrected chi connectivity index (χ4v) is 3.10. The van der Waals surface area contributed by atoms with Gasteiger partial charge in [0.25, 0.3) is 10.0 Å². The van der Waals surface area contributed by atoms with Crippen molar-refractivity contribution in [3.8, 4) is 0 Å². The van der Waals surface area contributed by atoms with E-state index in [1.165, 1.54) is 0 Å². The molecule has 0 amide bonds. The number of H-pyrrole nitrogens is 1. The van der Waals surface area contributed by atoms with Crippen molar-refractivity contribution in [2.45, 2.75) is 37.9 Å². The SMILES string of the molecule is CSCCCNS(=O)(=O)c1[nH]ncc1CNC(C)C. The Balaban J connectivity index is 2.64. The van der Waals surface area contributed by atoms with Crippen LogP contribution in [-0.2, 0) is 16.6 Å². The molecular weight excluding hydrogens is 284 g/mol. The van der Waals surface area contributed by atoms with Gasteiger partial charge >= 0.3 is 0 Å². The Bertz CT molecular complexity index is 471. The van der Waals surface area contributed by atoms with Crippen LogP contribution in [0.2, 0.25) is 0 Å². The van der Waals surface area contributed by atoms with E-state index in [9.17, 15) is 8.42 Å². The highest BCUT2D eigenvalue weighted by molar-refractivity contribution is 7.98. The molecule has 19 heavy (non-hydrogen) atoms. The number of aromatic amines is 1. The normalized spacial score (nSPS) is 12.2. The van der Waals surface area contributed by atoms with Crippen LogP contribution in [0, 0.1) is 0 Å². The number of thioether (sulfide) groups is 1. The van der Waals surface area contributed by atoms with Gasteiger partial charge in [0.05, 0.1) is 6.20 Å². The maximum Gasteiger partial charge on any atom is 0.257 e. The Labute approximate surface area is 119 Å². The first kappa shape index (κ1) is 16.5. The molecule has 0 unspecified atom stereocenters. The van der Waals surface area contributed by atoms with E-state index in [1.54, 1.807) is 18.0 Å². The van der Waals surface area contributed by atoms with E-state index in [4.69, 9.17) is 0 Å². The Kier molecular flexibility index (Phi) is 6.84. The van der Waals surface area contributed by atoms with Crippen molar-refractivity contribution < 1.29 is 8.42 Å². The fraction of sp³-hybridized carbons (Fsp3) is 0.727. The summed E-state index contributed by atoms with van der Waals surface area (Å²) in [5.74, 6) is 0.938. The maximum atomic E-state index is 12.1. The third-order valence-corrected chi connectivity index (χ3v) is 4.64. The Morgan fingerprint density at radius 2 is 2.21 bits per heavy atom. The third kappa shape index (κ3) is 5.52. The summed E-state index contributed by atoms with van der Waals surface area (Å²) in [6, 6.07) is 0.292. The predicted octanol–water partition coefficient (Wildman–Crippen LogP) is 0.939. The molecule has 0 aromatic carbocycles. The fourth-order valence-electron chi connectivity index (χ4n) is 1.47. The van der Waals surface area contributed by atoms with Gasteiger partial charge in [0.1, 0.15) is 0 Å². The average Bonchev–Trinajstić information content (AvgIpc) is 2.81. The summed E-state index contributed by atoms with van der Waals surface area (Å²) in [6.07, 6.45) is 4.36. The Morgan fingerprint density at radius 1 is 1.47 bits per heavy atom. The smallest absolute Gasteiger partial charge is 0.257 e. The molecule has 0 atom stereocenters. The molecule has 0 aliphatic carbocycles. The molecular formula is C11H22N4O2S2. The van der Waals surface area contributed by atoms with Gasteiger partial charge in [0.2, 0.25) is 0 Å². The molecule has 0 bridgehead atoms. The van der Waals surface area contributed by atoms with Crippen molar-refractivity contribution in [1.82, 2.24) is 20.2 Å². The van der Waals surface area contributed by atoms with Crippen LogP contribution in [0.25, 0.3) is 0 Å². The van der Waals surface area contributed by atoms with Crippen LogP contribution in [0.4, 0.5) is 0 Å². The number of hydrogen-bond acceptors (Lipinski definition) is 5. The zero-order chi connectivity index (χ0) is 14.3. The minimum atomic E-state index is -3.49. The summed E-state index contributed by atoms with van der Waals surface area (Å²) in [4.78, 5) is 0. The molecule has 1 aromatic heterocycles. The number of nitrogens with one attached hydrogen (secondary N) is 3. The molecule has 1 heterocycles. The summed E-state index contributed by atoms with van der Waals surface area (Å²) in [6.45, 7) is 4.94. The van der Waals surface area contributed by atoms with E-state index < -0.39 is 10.0 Å². The molecule has 0 saturated carbocycles. The van der Waals surface area contributed by atoms with E-state index in [0.29, 0.717) is 24.7 Å². The summed E-state index contributed by atoms with van der Waals surface area (Å²) in [5, 5.41) is 9.73. The molecule has 8 heteroatoms. The second-order valence-electron chi connectivity index (χ2n) is 4.50. The molecule has 1 rings (SSSR count). The van der Waals surface area contributed by atoms with Crippen LogP contribution < -0.4 is 10.0 Å². The zero-order valence-corrected chi connectivity index (χ0v) is 13.2. The van der Waals surface area contributed by atoms with E-state index in [-0.39, 0.29) is 5.03 Å². The summed E-state index contributed by atoms with van der Waals surface area (Å²) in [7, 11) is -3.49. The second-order valence-corrected chi connectivity index (χ2v) is 7.19. The highest BCUT2D eigenvalue weighted by Crippen LogP contribution is 2.11. The van der Waals surface area contributed by atoms with Gasteiger partial charge in [-0.25, -0.2) is 13.1 Å². The first-order valence-corrected chi connectivity index (χ1v) is 9.09. The molecule has 0 aliphatic heterocycles. The van der Waals surface area contributed by atoms with Crippen LogP contribution in [0.1, 0.15) is 25.8 Å². The van der Waals surface area contributed by atoms with E-state index >= 15 is 0 Å². The molecule has 3 N–H and O–H groups in total. The molecule has 0 aliphatic rings. The van der Waals surface area contributed by atoms with Crippen LogP contribution in [0.15, 0.2) is 11.2 Å². The van der Waals surface area contributed by atoms with Gasteiger partial charge in [-0.3, -0.25) is 5.10 Å². The van der Waals surface area contributed by atoms with Gasteiger partial charge in [-0.05, 0) is 18.4 Å². The van der Waals surface area contributed by atoms with Gasteiger partial charge in [-0.15, -0.1) is 0 Å². The first-order chi connectivity index (χ1) is 8.97. The number of aromatic nitrogens is 2. The topological polar surface area (TPSA) is 86.9 Å². The molecule has 0 spiro atoms. The van der Waals surface area contributed by atoms with Crippen LogP contribution in [-0.4, -0.2) is 43.2 Å². The lowest BCUT2D eigenvalue weighted by Crippen LogP contribution is -2.28. The molecule has 6 nitrogen and oxygen atoms in total. The van der Waals surface area contributed by atoms with Gasteiger partial charge < -0.3 is 5.32 Å². The van der Waals surface area contributed by atoms with Crippen molar-refractivity contribution in [3.63, 3.8) is 0 Å². The molecule has 110 valence electrons. The van der Waals surface area contributed by atoms with Gasteiger partial charge in [0, 0.05) is 24.7 Å². The van der Waals surface area contributed by atoms with Crippen molar-refractivity contribution in [1.29, 1.82) is 0 Å². The minimum absolute atomic E-state index is 0.157. The minimum Gasteiger partial charge on any atom is -0.310 e. The van der Waals surface area contributed by atoms with Gasteiger partial charge in [0.15, 0.2) is 5.03 Å². The highest BCUT2D eigenvalue weighted by Gasteiger charge is 2.20. The standard InChI is InChI=1S/C11H22N4O2S2/c1-9(2)12-7-10-8-13-15-11(10)19(16,17)14-5-4-6-18-3/h8-9,12,14H,4-7H2,1-3H3,(H,13,15). The molecule has 0 fully saturated rings. The lowest BCUT2D eigenvalue weighted by Gasteiger charge is -2.09. The lowest BCUT2D eigenvalue weighted by atomic mass is 10.3. The summed E-state index contributed by atoms with van der Waals surface area (Å²) in [5.41, 5.74) is 0.658. The van der Waals surface area contributed by atoms with E-state index in [2.05, 4.69) is 20.2 Å². The van der Waals surface area contributed by atoms with Gasteiger partial charge in [-0.2, -0.15) is 16.9 Å². The monoisotopic (exact) mass is 306 g/mol. The Hall–Kier alpha value is -0.570. The molecule has 0 radical (unpaired) electrons. The zero-order valence-electron chi connectivity index (χ0n) is 11.6. The largest absolute Gasteiger partial charge is 0.310 e. The number of hydrogen-bond donors (Lipinski definition) is 3. The van der Waals surface area contributed by atoms with E-state index in [0.717, 1.165) is 12.2 Å². The van der Waals surface area contributed by atoms with Crippen molar-refractivity contribution in [2.24, 2.45) is 0 Å². The van der Waals surface area contributed by atoms with Crippen molar-refractivity contribution >= 4 is 21.8 Å². The molecule has 0 saturated heterocycles. The molecule has 1 aromatic rings. The second kappa shape index (κ2) is 7.88. The van der Waals surface area contributed by atoms with E-state index in [1.807, 2.05) is 20.1 Å².